The lowest BCUT2D eigenvalue weighted by Crippen LogP contribution is -2.42. The number of hydrogen-bond acceptors (Lipinski definition) is 9. The Balaban J connectivity index is 1.11. The van der Waals surface area contributed by atoms with Crippen LogP contribution in [0.4, 0.5) is 34.9 Å². The number of nitrogens with zero attached hydrogens (tertiary/aromatic N) is 8. The molecule has 0 unspecified atom stereocenters. The van der Waals surface area contributed by atoms with Gasteiger partial charge in [0.05, 0.1) is 62.6 Å². The first kappa shape index (κ1) is 33.8. The summed E-state index contributed by atoms with van der Waals surface area (Å²) in [4.78, 5) is 39.3. The molecule has 6 rings (SSSR count). The molecule has 0 saturated carbocycles. The van der Waals surface area contributed by atoms with Gasteiger partial charge in [-0.2, -0.15) is 18.3 Å². The fourth-order valence-electron chi connectivity index (χ4n) is 5.54. The summed E-state index contributed by atoms with van der Waals surface area (Å²) in [5.41, 5.74) is 1.65. The predicted molar refractivity (Wildman–Crippen MR) is 178 cm³/mol. The Morgan fingerprint density at radius 3 is 2.68 bits per heavy atom. The van der Waals surface area contributed by atoms with Crippen LogP contribution in [0, 0.1) is 15.9 Å². The minimum atomic E-state index is -4.76. The number of fused-ring (bicyclic) bond motifs is 2. The number of amides is 1. The van der Waals surface area contributed by atoms with E-state index in [2.05, 4.69) is 35.7 Å². The number of nitrogens with one attached hydrogen (secondary N) is 2. The van der Waals surface area contributed by atoms with Gasteiger partial charge in [-0.3, -0.25) is 9.48 Å². The van der Waals surface area contributed by atoms with E-state index in [0.717, 1.165) is 16.5 Å². The Labute approximate surface area is 281 Å². The third kappa shape index (κ3) is 7.78. The van der Waals surface area contributed by atoms with Crippen molar-refractivity contribution in [2.45, 2.75) is 19.1 Å². The highest BCUT2D eigenvalue weighted by atomic mass is 19.4. The van der Waals surface area contributed by atoms with Gasteiger partial charge in [0, 0.05) is 22.5 Å². The summed E-state index contributed by atoms with van der Waals surface area (Å²) in [6.45, 7) is 0.519. The molecule has 0 radical (unpaired) electrons. The molecule has 0 atom stereocenters. The summed E-state index contributed by atoms with van der Waals surface area (Å²) in [5.74, 6) is -0.942. The van der Waals surface area contributed by atoms with E-state index in [1.807, 2.05) is 24.3 Å². The van der Waals surface area contributed by atoms with Gasteiger partial charge in [0.1, 0.15) is 30.3 Å². The maximum Gasteiger partial charge on any atom is 0.454 e. The normalized spacial score (nSPS) is 13.8. The minimum Gasteiger partial charge on any atom is -0.358 e. The first-order chi connectivity index (χ1) is 23.7. The summed E-state index contributed by atoms with van der Waals surface area (Å²) < 4.78 is 54.9. The van der Waals surface area contributed by atoms with Crippen molar-refractivity contribution in [3.05, 3.63) is 112 Å². The molecule has 17 heteroatoms. The molecule has 0 saturated heterocycles. The Morgan fingerprint density at radius 2 is 1.92 bits per heavy atom. The Morgan fingerprint density at radius 1 is 1.10 bits per heavy atom. The molecule has 1 aliphatic heterocycles. The third-order valence-electron chi connectivity index (χ3n) is 7.82. The van der Waals surface area contributed by atoms with Crippen molar-refractivity contribution in [1.29, 1.82) is 0 Å². The van der Waals surface area contributed by atoms with E-state index in [0.29, 0.717) is 29.0 Å². The monoisotopic (exact) mass is 689 g/mol. The molecule has 1 aliphatic rings. The number of aliphatic imine (C=N–C) groups is 1. The number of aromatic nitrogens is 5. The molecule has 2 N–H and O–H groups in total. The molecule has 256 valence electrons. The molecular formula is C33H29F4N10O3+. The number of carbonyl (C=O) groups is 1. The number of halogens is 4. The SMILES string of the molecule is C[N+](C)(C/C=C/C(=O)Nc1cc2c(Nc3ccc4c(cnn4Cc4cccc(F)c4)c3)ncnc2cn1)CC1=C([N+](=O)[O-])N=C(C(F)(F)F)C1. The molecule has 1 amide bonds. The van der Waals surface area contributed by atoms with Crippen molar-refractivity contribution in [3.63, 3.8) is 0 Å². The zero-order chi connectivity index (χ0) is 35.6. The zero-order valence-electron chi connectivity index (χ0n) is 26.6. The number of benzene rings is 2. The van der Waals surface area contributed by atoms with E-state index in [4.69, 9.17) is 0 Å². The number of pyridine rings is 1. The molecule has 0 fully saturated rings. The largest absolute Gasteiger partial charge is 0.454 e. The summed E-state index contributed by atoms with van der Waals surface area (Å²) in [5, 5.41) is 23.2. The van der Waals surface area contributed by atoms with Crippen LogP contribution in [0.3, 0.4) is 0 Å². The van der Waals surface area contributed by atoms with Crippen LogP contribution < -0.4 is 10.6 Å². The maximum absolute atomic E-state index is 13.7. The van der Waals surface area contributed by atoms with Crippen LogP contribution >= 0.6 is 0 Å². The Bertz CT molecular complexity index is 2230. The predicted octanol–water partition coefficient (Wildman–Crippen LogP) is 5.77. The second-order valence-corrected chi connectivity index (χ2v) is 12.2. The zero-order valence-corrected chi connectivity index (χ0v) is 26.6. The molecule has 2 aromatic carbocycles. The number of anilines is 3. The number of hydrogen-bond donors (Lipinski definition) is 2. The van der Waals surface area contributed by atoms with E-state index in [1.165, 1.54) is 36.8 Å². The van der Waals surface area contributed by atoms with Crippen molar-refractivity contribution in [2.75, 3.05) is 37.8 Å². The Kier molecular flexibility index (Phi) is 9.07. The van der Waals surface area contributed by atoms with Gasteiger partial charge in [0.2, 0.25) is 11.6 Å². The average molecular weight is 690 g/mol. The van der Waals surface area contributed by atoms with Crippen molar-refractivity contribution in [2.24, 2.45) is 4.99 Å². The summed E-state index contributed by atoms with van der Waals surface area (Å²) in [7, 11) is 3.35. The van der Waals surface area contributed by atoms with Crippen molar-refractivity contribution >= 4 is 50.7 Å². The van der Waals surface area contributed by atoms with Gasteiger partial charge in [0.25, 0.3) is 0 Å². The lowest BCUT2D eigenvalue weighted by atomic mass is 10.1. The second kappa shape index (κ2) is 13.4. The number of nitro groups is 1. The first-order valence-electron chi connectivity index (χ1n) is 15.1. The number of rotatable bonds is 11. The molecule has 0 bridgehead atoms. The van der Waals surface area contributed by atoms with Crippen molar-refractivity contribution < 1.29 is 31.8 Å². The van der Waals surface area contributed by atoms with Crippen molar-refractivity contribution in [1.82, 2.24) is 24.7 Å². The van der Waals surface area contributed by atoms with Crippen LogP contribution in [0.1, 0.15) is 12.0 Å². The maximum atomic E-state index is 13.7. The van der Waals surface area contributed by atoms with E-state index >= 15 is 0 Å². The molecule has 0 aliphatic carbocycles. The third-order valence-corrected chi connectivity index (χ3v) is 7.82. The summed E-state index contributed by atoms with van der Waals surface area (Å²) in [6.07, 6.45) is 1.95. The van der Waals surface area contributed by atoms with Crippen LogP contribution in [0.15, 0.2) is 95.8 Å². The molecule has 3 aromatic heterocycles. The highest BCUT2D eigenvalue weighted by Crippen LogP contribution is 2.31. The minimum absolute atomic E-state index is 0.0342. The van der Waals surface area contributed by atoms with Crippen LogP contribution in [-0.2, 0) is 11.3 Å². The number of quaternary nitrogens is 1. The average Bonchev–Trinajstić information content (AvgIpc) is 3.65. The highest BCUT2D eigenvalue weighted by molar-refractivity contribution is 6.01. The van der Waals surface area contributed by atoms with E-state index in [-0.39, 0.29) is 34.8 Å². The molecule has 50 heavy (non-hydrogen) atoms. The number of alkyl halides is 3. The molecule has 4 heterocycles. The standard InChI is InChI=1S/C33H28F4N10O3/c1-47(2,18-22-13-28(33(35,36)37)43-32(22)46(49)50)10-4-7-30(48)44-29-14-25-26(16-38-29)39-19-40-31(25)42-24-8-9-27-21(12-24)15-41-45(27)17-20-5-3-6-23(34)11-20/h3-9,11-12,14-16,19H,10,13,17-18H2,1-2H3,(H-,38,39,40,42,44,48)/p+1/b7-4+. The fourth-order valence-corrected chi connectivity index (χ4v) is 5.54. The van der Waals surface area contributed by atoms with Crippen molar-refractivity contribution in [3.8, 4) is 0 Å². The van der Waals surface area contributed by atoms with Crippen LogP contribution in [-0.4, -0.2) is 79.1 Å². The van der Waals surface area contributed by atoms with Crippen LogP contribution in [0.25, 0.3) is 21.8 Å². The second-order valence-electron chi connectivity index (χ2n) is 12.2. The first-order valence-corrected chi connectivity index (χ1v) is 15.1. The van der Waals surface area contributed by atoms with E-state index in [1.54, 1.807) is 37.1 Å². The van der Waals surface area contributed by atoms with Crippen LogP contribution in [0.2, 0.25) is 0 Å². The van der Waals surface area contributed by atoms with Crippen LogP contribution in [0.5, 0.6) is 0 Å². The molecular weight excluding hydrogens is 660 g/mol. The molecule has 5 aromatic rings. The summed E-state index contributed by atoms with van der Waals surface area (Å²) >= 11 is 0. The smallest absolute Gasteiger partial charge is 0.358 e. The number of carbonyl (C=O) groups excluding carboxylic acids is 1. The van der Waals surface area contributed by atoms with Gasteiger partial charge in [-0.25, -0.2) is 19.3 Å². The van der Waals surface area contributed by atoms with E-state index < -0.39 is 35.0 Å². The fraction of sp³-hybridized carbons (Fsp3) is 0.212. The van der Waals surface area contributed by atoms with Gasteiger partial charge in [-0.1, -0.05) is 12.1 Å². The quantitative estimate of drug-likeness (QED) is 0.0583. The topological polar surface area (TPSA) is 153 Å². The van der Waals surface area contributed by atoms with E-state index in [9.17, 15) is 32.5 Å². The lowest BCUT2D eigenvalue weighted by molar-refractivity contribution is -0.880. The van der Waals surface area contributed by atoms with Gasteiger partial charge < -0.3 is 25.2 Å². The molecule has 0 spiro atoms. The summed E-state index contributed by atoms with van der Waals surface area (Å²) in [6, 6.07) is 13.6. The molecule has 13 nitrogen and oxygen atoms in total. The van der Waals surface area contributed by atoms with Gasteiger partial charge in [0.15, 0.2) is 0 Å². The lowest BCUT2D eigenvalue weighted by Gasteiger charge is -2.28. The van der Waals surface area contributed by atoms with Gasteiger partial charge >= 0.3 is 12.0 Å². The Hall–Kier alpha value is -6.10. The van der Waals surface area contributed by atoms with Gasteiger partial charge in [-0.15, -0.1) is 0 Å². The van der Waals surface area contributed by atoms with Gasteiger partial charge in [-0.05, 0) is 58.0 Å². The number of likely N-dealkylation sites (N-methyl/N-ethyl adjacent to an activating group) is 1. The highest BCUT2D eigenvalue weighted by Gasteiger charge is 2.47.